The molecule has 1 aliphatic rings. The molecule has 0 aromatic heterocycles. The van der Waals surface area contributed by atoms with Crippen molar-refractivity contribution in [1.29, 1.82) is 0 Å². The van der Waals surface area contributed by atoms with E-state index < -0.39 is 17.1 Å². The van der Waals surface area contributed by atoms with Crippen molar-refractivity contribution < 1.29 is 14.5 Å². The molecular formula is C20H19N3O4. The number of carbonyl (C=O) groups is 1. The number of allylic oxidation sites excluding steroid dienone is 1. The number of nitro groups is 1. The van der Waals surface area contributed by atoms with Gasteiger partial charge in [0.25, 0.3) is 5.69 Å². The van der Waals surface area contributed by atoms with Gasteiger partial charge in [0.2, 0.25) is 0 Å². The number of benzene rings is 2. The lowest BCUT2D eigenvalue weighted by atomic mass is 10.0. The number of carbonyl (C=O) groups excluding carboxylic acids is 1. The number of nitrogens with zero attached hydrogens (tertiary/aromatic N) is 3. The summed E-state index contributed by atoms with van der Waals surface area (Å²) < 4.78 is 5.24. The van der Waals surface area contributed by atoms with Crippen LogP contribution in [0, 0.1) is 10.1 Å². The molecule has 0 saturated heterocycles. The molecule has 7 nitrogen and oxygen atoms in total. The molecule has 0 N–H and O–H groups in total. The number of nitro benzene ring substituents is 1. The minimum Gasteiger partial charge on any atom is -0.449 e. The average Bonchev–Trinajstić information content (AvgIpc) is 2.68. The Morgan fingerprint density at radius 1 is 1.22 bits per heavy atom. The minimum absolute atomic E-state index is 0.0360. The van der Waals surface area contributed by atoms with E-state index in [-0.39, 0.29) is 12.3 Å². The number of aliphatic imine (C=N–C) groups is 1. The Kier molecular flexibility index (Phi) is 5.30. The van der Waals surface area contributed by atoms with E-state index in [1.807, 2.05) is 37.3 Å². The number of amidine groups is 1. The number of rotatable bonds is 4. The summed E-state index contributed by atoms with van der Waals surface area (Å²) >= 11 is 0. The second-order valence-corrected chi connectivity index (χ2v) is 5.98. The van der Waals surface area contributed by atoms with E-state index in [0.717, 1.165) is 5.56 Å². The monoisotopic (exact) mass is 365 g/mol. The summed E-state index contributed by atoms with van der Waals surface area (Å²) in [4.78, 5) is 29.4. The highest BCUT2D eigenvalue weighted by molar-refractivity contribution is 6.07. The smallest absolute Gasteiger partial charge is 0.416 e. The highest BCUT2D eigenvalue weighted by Crippen LogP contribution is 2.32. The molecule has 2 aromatic rings. The van der Waals surface area contributed by atoms with Crippen molar-refractivity contribution in [3.63, 3.8) is 0 Å². The topological polar surface area (TPSA) is 85.0 Å². The molecule has 1 aliphatic heterocycles. The van der Waals surface area contributed by atoms with E-state index in [9.17, 15) is 14.9 Å². The Labute approximate surface area is 156 Å². The first-order valence-corrected chi connectivity index (χ1v) is 8.54. The first-order chi connectivity index (χ1) is 13.0. The van der Waals surface area contributed by atoms with E-state index in [1.165, 1.54) is 17.0 Å². The third-order valence-corrected chi connectivity index (χ3v) is 4.11. The van der Waals surface area contributed by atoms with Gasteiger partial charge in [-0.25, -0.2) is 14.7 Å². The van der Waals surface area contributed by atoms with Crippen LogP contribution in [0.2, 0.25) is 0 Å². The minimum atomic E-state index is -0.559. The van der Waals surface area contributed by atoms with Gasteiger partial charge in [0.15, 0.2) is 0 Å². The molecule has 0 radical (unpaired) electrons. The summed E-state index contributed by atoms with van der Waals surface area (Å²) in [6.07, 6.45) is 1.24. The van der Waals surface area contributed by atoms with Gasteiger partial charge in [-0.15, -0.1) is 0 Å². The molecule has 0 aliphatic carbocycles. The maximum Gasteiger partial charge on any atom is 0.416 e. The van der Waals surface area contributed by atoms with Crippen molar-refractivity contribution >= 4 is 17.6 Å². The predicted octanol–water partition coefficient (Wildman–Crippen LogP) is 4.46. The Balaban J connectivity index is 2.11. The number of hydrogen-bond donors (Lipinski definition) is 0. The molecule has 1 atom stereocenters. The Hall–Kier alpha value is -3.48. The molecule has 0 bridgehead atoms. The number of amides is 1. The zero-order valence-corrected chi connectivity index (χ0v) is 15.0. The van der Waals surface area contributed by atoms with Crippen LogP contribution >= 0.6 is 0 Å². The van der Waals surface area contributed by atoms with Crippen LogP contribution in [0.1, 0.15) is 31.0 Å². The summed E-state index contributed by atoms with van der Waals surface area (Å²) in [7, 11) is 0. The normalized spacial score (nSPS) is 16.4. The fourth-order valence-corrected chi connectivity index (χ4v) is 2.94. The van der Waals surface area contributed by atoms with Crippen LogP contribution < -0.4 is 0 Å². The standard InChI is InChI=1S/C20H19N3O4/c1-3-27-20(24)22-18(16-10-7-11-17(13-16)23(25)26)12-14(2)21-19(22)15-8-5-4-6-9-15/h4-13,18H,3H2,1-2H3. The largest absolute Gasteiger partial charge is 0.449 e. The molecule has 1 amide bonds. The summed E-state index contributed by atoms with van der Waals surface area (Å²) in [6.45, 7) is 3.77. The van der Waals surface area contributed by atoms with Crippen molar-refractivity contribution in [2.24, 2.45) is 4.99 Å². The van der Waals surface area contributed by atoms with Gasteiger partial charge in [0, 0.05) is 23.4 Å². The zero-order valence-electron chi connectivity index (χ0n) is 15.0. The van der Waals surface area contributed by atoms with E-state index in [4.69, 9.17) is 4.74 Å². The lowest BCUT2D eigenvalue weighted by molar-refractivity contribution is -0.384. The van der Waals surface area contributed by atoms with E-state index in [2.05, 4.69) is 4.99 Å². The van der Waals surface area contributed by atoms with Crippen molar-refractivity contribution in [2.45, 2.75) is 19.9 Å². The zero-order chi connectivity index (χ0) is 19.4. The van der Waals surface area contributed by atoms with Crippen molar-refractivity contribution in [3.05, 3.63) is 87.6 Å². The highest BCUT2D eigenvalue weighted by atomic mass is 16.6. The number of hydrogen-bond acceptors (Lipinski definition) is 5. The van der Waals surface area contributed by atoms with Gasteiger partial charge in [0.05, 0.1) is 17.6 Å². The third-order valence-electron chi connectivity index (χ3n) is 4.11. The van der Waals surface area contributed by atoms with E-state index in [0.29, 0.717) is 17.1 Å². The summed E-state index contributed by atoms with van der Waals surface area (Å²) in [5.41, 5.74) is 2.05. The maximum absolute atomic E-state index is 12.8. The van der Waals surface area contributed by atoms with Crippen LogP contribution in [0.5, 0.6) is 0 Å². The summed E-state index contributed by atoms with van der Waals surface area (Å²) in [6, 6.07) is 15.0. The van der Waals surface area contributed by atoms with Gasteiger partial charge in [-0.1, -0.05) is 42.5 Å². The summed E-state index contributed by atoms with van der Waals surface area (Å²) in [5, 5.41) is 11.2. The van der Waals surface area contributed by atoms with Crippen LogP contribution in [-0.2, 0) is 4.74 Å². The lowest BCUT2D eigenvalue weighted by Crippen LogP contribution is -2.42. The van der Waals surface area contributed by atoms with Gasteiger partial charge in [-0.2, -0.15) is 0 Å². The maximum atomic E-state index is 12.8. The SMILES string of the molecule is CCOC(=O)N1C(c2ccccc2)=NC(C)=CC1c1cccc([N+](=O)[O-])c1. The second kappa shape index (κ2) is 7.82. The lowest BCUT2D eigenvalue weighted by Gasteiger charge is -2.33. The van der Waals surface area contributed by atoms with Crippen LogP contribution in [0.25, 0.3) is 0 Å². The number of non-ortho nitro benzene ring substituents is 1. The van der Waals surface area contributed by atoms with Gasteiger partial charge < -0.3 is 4.74 Å². The van der Waals surface area contributed by atoms with Crippen LogP contribution in [0.15, 0.2) is 71.4 Å². The quantitative estimate of drug-likeness (QED) is 0.591. The Bertz CT molecular complexity index is 922. The van der Waals surface area contributed by atoms with Crippen molar-refractivity contribution in [3.8, 4) is 0 Å². The third kappa shape index (κ3) is 3.87. The van der Waals surface area contributed by atoms with E-state index >= 15 is 0 Å². The molecule has 2 aromatic carbocycles. The predicted molar refractivity (Wildman–Crippen MR) is 101 cm³/mol. The molecular weight excluding hydrogens is 346 g/mol. The van der Waals surface area contributed by atoms with Gasteiger partial charge in [0.1, 0.15) is 5.84 Å². The van der Waals surface area contributed by atoms with Gasteiger partial charge in [-0.05, 0) is 25.5 Å². The van der Waals surface area contributed by atoms with Crippen LogP contribution in [-0.4, -0.2) is 28.4 Å². The molecule has 138 valence electrons. The molecule has 0 spiro atoms. The number of ether oxygens (including phenoxy) is 1. The highest BCUT2D eigenvalue weighted by Gasteiger charge is 2.33. The second-order valence-electron chi connectivity index (χ2n) is 5.98. The van der Waals surface area contributed by atoms with Crippen LogP contribution in [0.3, 0.4) is 0 Å². The van der Waals surface area contributed by atoms with Gasteiger partial charge >= 0.3 is 6.09 Å². The molecule has 3 rings (SSSR count). The Morgan fingerprint density at radius 2 is 1.96 bits per heavy atom. The molecule has 1 unspecified atom stereocenters. The summed E-state index contributed by atoms with van der Waals surface area (Å²) in [5.74, 6) is 0.450. The molecule has 27 heavy (non-hydrogen) atoms. The Morgan fingerprint density at radius 3 is 2.63 bits per heavy atom. The van der Waals surface area contributed by atoms with Crippen molar-refractivity contribution in [1.82, 2.24) is 4.90 Å². The van der Waals surface area contributed by atoms with Gasteiger partial charge in [-0.3, -0.25) is 10.1 Å². The molecule has 1 heterocycles. The van der Waals surface area contributed by atoms with Crippen molar-refractivity contribution in [2.75, 3.05) is 6.61 Å². The molecule has 0 saturated carbocycles. The van der Waals surface area contributed by atoms with Crippen LogP contribution in [0.4, 0.5) is 10.5 Å². The fourth-order valence-electron chi connectivity index (χ4n) is 2.94. The molecule has 7 heteroatoms. The first kappa shape index (κ1) is 18.3. The first-order valence-electron chi connectivity index (χ1n) is 8.54. The molecule has 0 fully saturated rings. The fraction of sp³-hybridized carbons (Fsp3) is 0.200. The van der Waals surface area contributed by atoms with E-state index in [1.54, 1.807) is 25.1 Å². The average molecular weight is 365 g/mol.